The van der Waals surface area contributed by atoms with E-state index >= 15 is 0 Å². The fourth-order valence-corrected chi connectivity index (χ4v) is 3.20. The highest BCUT2D eigenvalue weighted by atomic mass is 16.5. The Hall–Kier alpha value is -3.29. The average molecular weight is 384 g/mol. The van der Waals surface area contributed by atoms with Crippen LogP contribution in [0.4, 0.5) is 4.79 Å². The minimum Gasteiger partial charge on any atom is -0.496 e. The van der Waals surface area contributed by atoms with Crippen molar-refractivity contribution in [2.45, 2.75) is 25.4 Å². The molecular weight excluding hydrogens is 360 g/mol. The van der Waals surface area contributed by atoms with Crippen molar-refractivity contribution in [1.29, 1.82) is 0 Å². The van der Waals surface area contributed by atoms with Gasteiger partial charge in [0.25, 0.3) is 5.91 Å². The second-order valence-electron chi connectivity index (χ2n) is 6.65. The quantitative estimate of drug-likeness (QED) is 0.669. The van der Waals surface area contributed by atoms with Crippen LogP contribution in [0.15, 0.2) is 42.6 Å². The number of hydrogen-bond acceptors (Lipinski definition) is 4. The molecule has 2 N–H and O–H groups in total. The molecule has 0 spiro atoms. The number of carbonyl (C=O) groups is 3. The number of methoxy groups -OCH3 is 1. The molecule has 0 unspecified atom stereocenters. The Balaban J connectivity index is 1.52. The molecule has 8 heteroatoms. The number of para-hydroxylation sites is 1. The Morgan fingerprint density at radius 1 is 1.21 bits per heavy atom. The zero-order valence-electron chi connectivity index (χ0n) is 16.0. The third kappa shape index (κ3) is 4.33. The fourth-order valence-electron chi connectivity index (χ4n) is 3.20. The van der Waals surface area contributed by atoms with E-state index in [4.69, 9.17) is 4.74 Å². The molecule has 1 aliphatic heterocycles. The number of urea groups is 1. The molecule has 1 saturated heterocycles. The lowest BCUT2D eigenvalue weighted by Crippen LogP contribution is -2.36. The normalized spacial score (nSPS) is 16.2. The number of benzene rings is 1. The number of carbonyl (C=O) groups excluding carboxylic acids is 3. The summed E-state index contributed by atoms with van der Waals surface area (Å²) >= 11 is 0. The molecule has 148 valence electrons. The van der Waals surface area contributed by atoms with Crippen LogP contribution in [0.1, 0.15) is 17.7 Å². The van der Waals surface area contributed by atoms with E-state index in [0.29, 0.717) is 18.7 Å². The van der Waals surface area contributed by atoms with Gasteiger partial charge in [-0.2, -0.15) is 0 Å². The van der Waals surface area contributed by atoms with Crippen LogP contribution in [0, 0.1) is 0 Å². The predicted molar refractivity (Wildman–Crippen MR) is 103 cm³/mol. The number of nitrogens with one attached hydrogen (secondary N) is 2. The van der Waals surface area contributed by atoms with Crippen LogP contribution in [0.3, 0.4) is 0 Å². The summed E-state index contributed by atoms with van der Waals surface area (Å²) in [5.74, 6) is 0.0477. The number of aromatic nitrogens is 1. The maximum Gasteiger partial charge on any atom is 0.324 e. The van der Waals surface area contributed by atoms with Gasteiger partial charge in [-0.15, -0.1) is 0 Å². The topological polar surface area (TPSA) is 92.7 Å². The summed E-state index contributed by atoms with van der Waals surface area (Å²) in [4.78, 5) is 38.0. The lowest BCUT2D eigenvalue weighted by atomic mass is 10.1. The van der Waals surface area contributed by atoms with Crippen molar-refractivity contribution in [3.8, 4) is 5.75 Å². The van der Waals surface area contributed by atoms with Crippen molar-refractivity contribution < 1.29 is 19.1 Å². The van der Waals surface area contributed by atoms with Gasteiger partial charge in [0.1, 0.15) is 11.8 Å². The van der Waals surface area contributed by atoms with E-state index < -0.39 is 12.1 Å². The van der Waals surface area contributed by atoms with Gasteiger partial charge in [-0.1, -0.05) is 18.2 Å². The number of nitrogens with zero attached hydrogens (tertiary/aromatic N) is 2. The first-order chi connectivity index (χ1) is 13.5. The molecular formula is C20H24N4O4. The lowest BCUT2D eigenvalue weighted by Gasteiger charge is -2.14. The van der Waals surface area contributed by atoms with Crippen molar-refractivity contribution in [1.82, 2.24) is 20.1 Å². The van der Waals surface area contributed by atoms with Crippen molar-refractivity contribution in [3.63, 3.8) is 0 Å². The molecule has 0 bridgehead atoms. The summed E-state index contributed by atoms with van der Waals surface area (Å²) in [6, 6.07) is 9.96. The highest BCUT2D eigenvalue weighted by Crippen LogP contribution is 2.19. The maximum atomic E-state index is 12.5. The first-order valence-electron chi connectivity index (χ1n) is 9.10. The van der Waals surface area contributed by atoms with Crippen LogP contribution in [-0.4, -0.2) is 47.0 Å². The molecule has 1 aromatic carbocycles. The minimum atomic E-state index is -0.835. The van der Waals surface area contributed by atoms with Gasteiger partial charge in [-0.25, -0.2) is 4.79 Å². The molecule has 4 amide bonds. The highest BCUT2D eigenvalue weighted by Gasteiger charge is 2.38. The Morgan fingerprint density at radius 2 is 2.00 bits per heavy atom. The molecule has 0 aliphatic carbocycles. The van der Waals surface area contributed by atoms with Crippen molar-refractivity contribution in [2.24, 2.45) is 7.05 Å². The first-order valence-corrected chi connectivity index (χ1v) is 9.10. The van der Waals surface area contributed by atoms with Crippen LogP contribution < -0.4 is 15.4 Å². The number of aryl methyl sites for hydroxylation is 1. The number of rotatable bonds is 8. The smallest absolute Gasteiger partial charge is 0.324 e. The monoisotopic (exact) mass is 384 g/mol. The zero-order chi connectivity index (χ0) is 20.1. The molecule has 28 heavy (non-hydrogen) atoms. The van der Waals surface area contributed by atoms with E-state index in [1.165, 1.54) is 0 Å². The first kappa shape index (κ1) is 19.5. The Morgan fingerprint density at radius 3 is 2.71 bits per heavy atom. The summed E-state index contributed by atoms with van der Waals surface area (Å²) in [6.45, 7) is 0.598. The van der Waals surface area contributed by atoms with Gasteiger partial charge in [-0.05, 0) is 30.2 Å². The summed E-state index contributed by atoms with van der Waals surface area (Å²) < 4.78 is 7.20. The fraction of sp³-hybridized carbons (Fsp3) is 0.350. The van der Waals surface area contributed by atoms with E-state index in [1.807, 2.05) is 54.2 Å². The van der Waals surface area contributed by atoms with Gasteiger partial charge in [0.05, 0.1) is 20.1 Å². The largest absolute Gasteiger partial charge is 0.496 e. The lowest BCUT2D eigenvalue weighted by molar-refractivity contribution is -0.130. The Bertz CT molecular complexity index is 877. The van der Waals surface area contributed by atoms with Gasteiger partial charge >= 0.3 is 6.03 Å². The third-order valence-electron chi connectivity index (χ3n) is 4.81. The summed E-state index contributed by atoms with van der Waals surface area (Å²) in [7, 11) is 3.47. The van der Waals surface area contributed by atoms with Gasteiger partial charge in [0.15, 0.2) is 0 Å². The SMILES string of the molecule is COc1ccccc1CCN1C(=O)N[C@H](CC(=O)NCc2cccn2C)C1=O. The van der Waals surface area contributed by atoms with E-state index in [-0.39, 0.29) is 24.8 Å². The second kappa shape index (κ2) is 8.60. The molecule has 1 fully saturated rings. The van der Waals surface area contributed by atoms with Crippen LogP contribution in [0.25, 0.3) is 0 Å². The molecule has 0 saturated carbocycles. The van der Waals surface area contributed by atoms with E-state index in [0.717, 1.165) is 16.2 Å². The summed E-state index contributed by atoms with van der Waals surface area (Å²) in [5.41, 5.74) is 1.86. The third-order valence-corrected chi connectivity index (χ3v) is 4.81. The van der Waals surface area contributed by atoms with Crippen LogP contribution in [-0.2, 0) is 29.6 Å². The molecule has 2 aromatic rings. The van der Waals surface area contributed by atoms with Gasteiger partial charge in [0.2, 0.25) is 5.91 Å². The van der Waals surface area contributed by atoms with Crippen molar-refractivity contribution in [3.05, 3.63) is 53.9 Å². The number of imide groups is 1. The van der Waals surface area contributed by atoms with E-state index in [2.05, 4.69) is 10.6 Å². The maximum absolute atomic E-state index is 12.5. The molecule has 1 aromatic heterocycles. The number of hydrogen-bond donors (Lipinski definition) is 2. The summed E-state index contributed by atoms with van der Waals surface area (Å²) in [5, 5.41) is 5.37. The summed E-state index contributed by atoms with van der Waals surface area (Å²) in [6.07, 6.45) is 2.29. The number of amides is 4. The Labute approximate surface area is 163 Å². The van der Waals surface area contributed by atoms with Crippen molar-refractivity contribution >= 4 is 17.8 Å². The second-order valence-corrected chi connectivity index (χ2v) is 6.65. The van der Waals surface area contributed by atoms with Crippen LogP contribution in [0.5, 0.6) is 5.75 Å². The van der Waals surface area contributed by atoms with Crippen LogP contribution in [0.2, 0.25) is 0 Å². The molecule has 0 radical (unpaired) electrons. The van der Waals surface area contributed by atoms with Crippen molar-refractivity contribution in [2.75, 3.05) is 13.7 Å². The highest BCUT2D eigenvalue weighted by molar-refractivity contribution is 6.05. The molecule has 8 nitrogen and oxygen atoms in total. The van der Waals surface area contributed by atoms with Gasteiger partial charge < -0.3 is 19.9 Å². The van der Waals surface area contributed by atoms with Gasteiger partial charge in [0, 0.05) is 25.5 Å². The Kier molecular flexibility index (Phi) is 5.98. The number of ether oxygens (including phenoxy) is 1. The standard InChI is InChI=1S/C20H24N4O4/c1-23-10-5-7-15(23)13-21-18(25)12-16-19(26)24(20(27)22-16)11-9-14-6-3-4-8-17(14)28-2/h3-8,10,16H,9,11-13H2,1-2H3,(H,21,25)(H,22,27)/t16-/m1/s1. The predicted octanol–water partition coefficient (Wildman–Crippen LogP) is 1.20. The molecule has 3 rings (SSSR count). The molecule has 1 aliphatic rings. The van der Waals surface area contributed by atoms with Gasteiger partial charge in [-0.3, -0.25) is 14.5 Å². The molecule has 1 atom stereocenters. The van der Waals surface area contributed by atoms with E-state index in [9.17, 15) is 14.4 Å². The van der Waals surface area contributed by atoms with E-state index in [1.54, 1.807) is 7.11 Å². The minimum absolute atomic E-state index is 0.0832. The average Bonchev–Trinajstić information content (AvgIpc) is 3.21. The zero-order valence-corrected chi connectivity index (χ0v) is 16.0. The molecule has 2 heterocycles. The van der Waals surface area contributed by atoms with Crippen LogP contribution >= 0.6 is 0 Å².